The quantitative estimate of drug-likeness (QED) is 0.849. The van der Waals surface area contributed by atoms with Gasteiger partial charge in [-0.05, 0) is 31.2 Å². The highest BCUT2D eigenvalue weighted by molar-refractivity contribution is 5.88. The molecule has 1 aliphatic rings. The molecule has 1 fully saturated rings. The van der Waals surface area contributed by atoms with Crippen molar-refractivity contribution in [3.8, 4) is 5.75 Å². The van der Waals surface area contributed by atoms with Crippen molar-refractivity contribution in [3.05, 3.63) is 42.5 Å². The average Bonchev–Trinajstić information content (AvgIpc) is 3.27. The van der Waals surface area contributed by atoms with Crippen LogP contribution in [0.15, 0.2) is 42.5 Å². The number of aliphatic hydroxyl groups is 1. The topological polar surface area (TPSA) is 41.5 Å². The summed E-state index contributed by atoms with van der Waals surface area (Å²) in [5.74, 6) is 0.829. The van der Waals surface area contributed by atoms with Gasteiger partial charge in [0.2, 0.25) is 0 Å². The van der Waals surface area contributed by atoms with E-state index in [4.69, 9.17) is 4.74 Å². The molecular formula is C17H21NO2. The molecular weight excluding hydrogens is 250 g/mol. The summed E-state index contributed by atoms with van der Waals surface area (Å²) in [5.41, 5.74) is -0.848. The van der Waals surface area contributed by atoms with E-state index >= 15 is 0 Å². The Morgan fingerprint density at radius 2 is 1.95 bits per heavy atom. The molecule has 0 saturated heterocycles. The summed E-state index contributed by atoms with van der Waals surface area (Å²) in [4.78, 5) is 0. The minimum absolute atomic E-state index is 0.292. The molecule has 2 aromatic rings. The largest absolute Gasteiger partial charge is 0.490 e. The van der Waals surface area contributed by atoms with Crippen molar-refractivity contribution in [3.63, 3.8) is 0 Å². The van der Waals surface area contributed by atoms with Crippen LogP contribution in [0.1, 0.15) is 19.8 Å². The smallest absolute Gasteiger partial charge is 0.127 e. The molecule has 0 amide bonds. The second-order valence-corrected chi connectivity index (χ2v) is 5.92. The molecule has 0 spiro atoms. The van der Waals surface area contributed by atoms with Crippen LogP contribution in [0.4, 0.5) is 0 Å². The molecule has 3 nitrogen and oxygen atoms in total. The van der Waals surface area contributed by atoms with Gasteiger partial charge in [-0.25, -0.2) is 0 Å². The number of benzene rings is 2. The summed E-state index contributed by atoms with van der Waals surface area (Å²) in [5, 5.41) is 15.9. The Morgan fingerprint density at radius 1 is 1.20 bits per heavy atom. The normalized spacial score (nSPS) is 17.9. The maximum Gasteiger partial charge on any atom is 0.127 e. The lowest BCUT2D eigenvalue weighted by Crippen LogP contribution is -2.43. The Labute approximate surface area is 119 Å². The van der Waals surface area contributed by atoms with Crippen molar-refractivity contribution in [1.82, 2.24) is 5.32 Å². The van der Waals surface area contributed by atoms with Gasteiger partial charge in [0.15, 0.2) is 0 Å². The molecule has 0 radical (unpaired) electrons. The monoisotopic (exact) mass is 271 g/mol. The van der Waals surface area contributed by atoms with Gasteiger partial charge in [-0.1, -0.05) is 36.4 Å². The maximum atomic E-state index is 10.3. The molecule has 1 saturated carbocycles. The summed E-state index contributed by atoms with van der Waals surface area (Å²) in [6.07, 6.45) is 2.44. The molecule has 1 aliphatic carbocycles. The molecule has 20 heavy (non-hydrogen) atoms. The third-order valence-corrected chi connectivity index (χ3v) is 3.64. The highest BCUT2D eigenvalue weighted by Crippen LogP contribution is 2.26. The Balaban J connectivity index is 1.66. The lowest BCUT2D eigenvalue weighted by atomic mass is 10.1. The number of hydrogen-bond donors (Lipinski definition) is 2. The first-order valence-corrected chi connectivity index (χ1v) is 7.20. The van der Waals surface area contributed by atoms with E-state index in [2.05, 4.69) is 17.4 Å². The fourth-order valence-corrected chi connectivity index (χ4v) is 2.26. The molecule has 0 aliphatic heterocycles. The third kappa shape index (κ3) is 3.30. The molecule has 2 aromatic carbocycles. The van der Waals surface area contributed by atoms with E-state index in [-0.39, 0.29) is 0 Å². The van der Waals surface area contributed by atoms with Crippen LogP contribution in [0.2, 0.25) is 0 Å². The summed E-state index contributed by atoms with van der Waals surface area (Å²) in [6.45, 7) is 2.68. The first-order valence-electron chi connectivity index (χ1n) is 7.20. The summed E-state index contributed by atoms with van der Waals surface area (Å²) in [6, 6.07) is 14.7. The Hall–Kier alpha value is -1.58. The second kappa shape index (κ2) is 5.43. The number of hydrogen-bond acceptors (Lipinski definition) is 3. The van der Waals surface area contributed by atoms with E-state index in [1.54, 1.807) is 0 Å². The van der Waals surface area contributed by atoms with Gasteiger partial charge in [-0.15, -0.1) is 0 Å². The number of ether oxygens (including phenoxy) is 1. The zero-order valence-corrected chi connectivity index (χ0v) is 11.8. The zero-order valence-electron chi connectivity index (χ0n) is 11.8. The molecule has 2 N–H and O–H groups in total. The molecule has 106 valence electrons. The lowest BCUT2D eigenvalue weighted by molar-refractivity contribution is 0.0125. The lowest BCUT2D eigenvalue weighted by Gasteiger charge is -2.24. The van der Waals surface area contributed by atoms with Crippen LogP contribution in [0.25, 0.3) is 10.8 Å². The Morgan fingerprint density at radius 3 is 2.75 bits per heavy atom. The van der Waals surface area contributed by atoms with E-state index in [0.717, 1.165) is 16.5 Å². The van der Waals surface area contributed by atoms with Crippen molar-refractivity contribution >= 4 is 10.8 Å². The predicted octanol–water partition coefficient (Wildman–Crippen LogP) is 2.72. The van der Waals surface area contributed by atoms with Crippen LogP contribution >= 0.6 is 0 Å². The fourth-order valence-electron chi connectivity index (χ4n) is 2.26. The van der Waals surface area contributed by atoms with E-state index in [1.807, 2.05) is 37.3 Å². The number of nitrogens with one attached hydrogen (secondary N) is 1. The third-order valence-electron chi connectivity index (χ3n) is 3.64. The van der Waals surface area contributed by atoms with Gasteiger partial charge < -0.3 is 15.2 Å². The Kier molecular flexibility index (Phi) is 3.64. The fraction of sp³-hybridized carbons (Fsp3) is 0.412. The van der Waals surface area contributed by atoms with Gasteiger partial charge in [0.1, 0.15) is 18.0 Å². The molecule has 3 rings (SSSR count). The standard InChI is InChI=1S/C17H21NO2/c1-17(19,11-18-14-9-10-14)12-20-16-8-4-6-13-5-2-3-7-15(13)16/h2-8,14,18-19H,9-12H2,1H3. The van der Waals surface area contributed by atoms with E-state index < -0.39 is 5.60 Å². The SMILES string of the molecule is CC(O)(CNC1CC1)COc1cccc2ccccc12. The van der Waals surface area contributed by atoms with Crippen molar-refractivity contribution in [2.45, 2.75) is 31.4 Å². The van der Waals surface area contributed by atoms with E-state index in [1.165, 1.54) is 12.8 Å². The van der Waals surface area contributed by atoms with Gasteiger partial charge in [0, 0.05) is 18.0 Å². The second-order valence-electron chi connectivity index (χ2n) is 5.92. The summed E-state index contributed by atoms with van der Waals surface area (Å²) < 4.78 is 5.85. The highest BCUT2D eigenvalue weighted by Gasteiger charge is 2.27. The van der Waals surface area contributed by atoms with Gasteiger partial charge in [0.25, 0.3) is 0 Å². The van der Waals surface area contributed by atoms with Crippen molar-refractivity contribution < 1.29 is 9.84 Å². The number of rotatable bonds is 6. The molecule has 0 bridgehead atoms. The molecule has 0 heterocycles. The van der Waals surface area contributed by atoms with Crippen molar-refractivity contribution in [1.29, 1.82) is 0 Å². The zero-order chi connectivity index (χ0) is 14.0. The van der Waals surface area contributed by atoms with Crippen LogP contribution in [-0.4, -0.2) is 29.9 Å². The first-order chi connectivity index (χ1) is 9.64. The van der Waals surface area contributed by atoms with Gasteiger partial charge in [0.05, 0.1) is 0 Å². The van der Waals surface area contributed by atoms with Crippen LogP contribution in [0.5, 0.6) is 5.75 Å². The molecule has 1 atom stereocenters. The van der Waals surface area contributed by atoms with Crippen molar-refractivity contribution in [2.24, 2.45) is 0 Å². The molecule has 3 heteroatoms. The van der Waals surface area contributed by atoms with Gasteiger partial charge in [-0.3, -0.25) is 0 Å². The van der Waals surface area contributed by atoms with Crippen molar-refractivity contribution in [2.75, 3.05) is 13.2 Å². The van der Waals surface area contributed by atoms with Crippen LogP contribution in [-0.2, 0) is 0 Å². The first kappa shape index (κ1) is 13.4. The number of fused-ring (bicyclic) bond motifs is 1. The van der Waals surface area contributed by atoms with Crippen LogP contribution in [0, 0.1) is 0 Å². The average molecular weight is 271 g/mol. The maximum absolute atomic E-state index is 10.3. The van der Waals surface area contributed by atoms with Gasteiger partial charge >= 0.3 is 0 Å². The Bertz CT molecular complexity index is 585. The van der Waals surface area contributed by atoms with Crippen LogP contribution < -0.4 is 10.1 Å². The summed E-state index contributed by atoms with van der Waals surface area (Å²) >= 11 is 0. The summed E-state index contributed by atoms with van der Waals surface area (Å²) in [7, 11) is 0. The highest BCUT2D eigenvalue weighted by atomic mass is 16.5. The molecule has 1 unspecified atom stereocenters. The van der Waals surface area contributed by atoms with Gasteiger partial charge in [-0.2, -0.15) is 0 Å². The van der Waals surface area contributed by atoms with Crippen LogP contribution in [0.3, 0.4) is 0 Å². The van der Waals surface area contributed by atoms with E-state index in [9.17, 15) is 5.11 Å². The minimum atomic E-state index is -0.848. The van der Waals surface area contributed by atoms with E-state index in [0.29, 0.717) is 19.2 Å². The molecule has 0 aromatic heterocycles. The predicted molar refractivity (Wildman–Crippen MR) is 81.1 cm³/mol. The minimum Gasteiger partial charge on any atom is -0.490 e.